The van der Waals surface area contributed by atoms with Crippen LogP contribution in [-0.2, 0) is 0 Å². The largest absolute Gasteiger partial charge is 0.496 e. The molecule has 0 fully saturated rings. The van der Waals surface area contributed by atoms with Crippen molar-refractivity contribution in [3.63, 3.8) is 0 Å². The third-order valence-corrected chi connectivity index (χ3v) is 4.23. The molecule has 1 heterocycles. The SMILES string of the molecule is COc1ccc(Br)cc1C(N)c1ccc(Cl)s1. The van der Waals surface area contributed by atoms with E-state index in [0.29, 0.717) is 0 Å². The summed E-state index contributed by atoms with van der Waals surface area (Å²) in [6.45, 7) is 0. The molecule has 90 valence electrons. The number of rotatable bonds is 3. The lowest BCUT2D eigenvalue weighted by Gasteiger charge is -2.14. The monoisotopic (exact) mass is 331 g/mol. The second kappa shape index (κ2) is 5.40. The van der Waals surface area contributed by atoms with Crippen molar-refractivity contribution >= 4 is 38.9 Å². The summed E-state index contributed by atoms with van der Waals surface area (Å²) in [6.07, 6.45) is 0. The van der Waals surface area contributed by atoms with Crippen molar-refractivity contribution in [3.8, 4) is 5.75 Å². The molecule has 0 aliphatic carbocycles. The van der Waals surface area contributed by atoms with Crippen molar-refractivity contribution in [2.45, 2.75) is 6.04 Å². The van der Waals surface area contributed by atoms with Crippen molar-refractivity contribution in [1.82, 2.24) is 0 Å². The lowest BCUT2D eigenvalue weighted by atomic mass is 10.1. The first-order chi connectivity index (χ1) is 8.11. The molecular weight excluding hydrogens is 322 g/mol. The zero-order valence-corrected chi connectivity index (χ0v) is 12.3. The smallest absolute Gasteiger partial charge is 0.124 e. The Morgan fingerprint density at radius 3 is 2.71 bits per heavy atom. The maximum absolute atomic E-state index is 6.23. The van der Waals surface area contributed by atoms with E-state index in [0.717, 1.165) is 25.0 Å². The Hall–Kier alpha value is -0.550. The van der Waals surface area contributed by atoms with Gasteiger partial charge in [0.2, 0.25) is 0 Å². The highest BCUT2D eigenvalue weighted by molar-refractivity contribution is 9.10. The number of methoxy groups -OCH3 is 1. The first-order valence-electron chi connectivity index (χ1n) is 4.96. The zero-order valence-electron chi connectivity index (χ0n) is 9.11. The van der Waals surface area contributed by atoms with E-state index in [2.05, 4.69) is 15.9 Å². The summed E-state index contributed by atoms with van der Waals surface area (Å²) >= 11 is 10.8. The van der Waals surface area contributed by atoms with Gasteiger partial charge in [-0.3, -0.25) is 0 Å². The molecule has 0 aliphatic heterocycles. The molecule has 17 heavy (non-hydrogen) atoms. The molecule has 0 saturated heterocycles. The molecule has 2 aromatic rings. The van der Waals surface area contributed by atoms with Crippen LogP contribution in [0.2, 0.25) is 4.34 Å². The van der Waals surface area contributed by atoms with Gasteiger partial charge < -0.3 is 10.5 Å². The van der Waals surface area contributed by atoms with E-state index < -0.39 is 0 Å². The number of benzene rings is 1. The van der Waals surface area contributed by atoms with Gasteiger partial charge in [-0.05, 0) is 30.3 Å². The Bertz CT molecular complexity index is 529. The Morgan fingerprint density at radius 1 is 1.35 bits per heavy atom. The Kier molecular flexibility index (Phi) is 4.09. The Labute approximate surface area is 117 Å². The van der Waals surface area contributed by atoms with Gasteiger partial charge >= 0.3 is 0 Å². The minimum atomic E-state index is -0.222. The lowest BCUT2D eigenvalue weighted by Crippen LogP contribution is -2.11. The van der Waals surface area contributed by atoms with E-state index in [1.807, 2.05) is 30.3 Å². The summed E-state index contributed by atoms with van der Waals surface area (Å²) < 4.78 is 7.04. The van der Waals surface area contributed by atoms with Crippen LogP contribution in [0.5, 0.6) is 5.75 Å². The van der Waals surface area contributed by atoms with E-state index in [1.165, 1.54) is 11.3 Å². The first-order valence-corrected chi connectivity index (χ1v) is 6.95. The fourth-order valence-electron chi connectivity index (χ4n) is 1.60. The summed E-state index contributed by atoms with van der Waals surface area (Å²) in [5.74, 6) is 0.783. The van der Waals surface area contributed by atoms with Gasteiger partial charge in [0.1, 0.15) is 5.75 Å². The summed E-state index contributed by atoms with van der Waals surface area (Å²) in [5.41, 5.74) is 7.17. The number of ether oxygens (including phenoxy) is 1. The molecule has 2 rings (SSSR count). The van der Waals surface area contributed by atoms with Crippen LogP contribution >= 0.6 is 38.9 Å². The van der Waals surface area contributed by atoms with Crippen molar-refractivity contribution < 1.29 is 4.74 Å². The molecular formula is C12H11BrClNOS. The molecule has 0 bridgehead atoms. The Balaban J connectivity index is 2.42. The predicted molar refractivity (Wildman–Crippen MR) is 76.1 cm³/mol. The second-order valence-electron chi connectivity index (χ2n) is 3.51. The molecule has 1 unspecified atom stereocenters. The maximum atomic E-state index is 6.23. The van der Waals surface area contributed by atoms with Crippen LogP contribution in [0, 0.1) is 0 Å². The van der Waals surface area contributed by atoms with Gasteiger partial charge in [0.15, 0.2) is 0 Å². The summed E-state index contributed by atoms with van der Waals surface area (Å²) in [6, 6.07) is 9.37. The third kappa shape index (κ3) is 2.83. The third-order valence-electron chi connectivity index (χ3n) is 2.43. The molecule has 0 aliphatic rings. The van der Waals surface area contributed by atoms with Crippen LogP contribution in [-0.4, -0.2) is 7.11 Å². The molecule has 0 saturated carbocycles. The molecule has 2 N–H and O–H groups in total. The average Bonchev–Trinajstić information content (AvgIpc) is 2.75. The molecule has 0 radical (unpaired) electrons. The van der Waals surface area contributed by atoms with Crippen LogP contribution in [0.25, 0.3) is 0 Å². The molecule has 5 heteroatoms. The van der Waals surface area contributed by atoms with E-state index in [9.17, 15) is 0 Å². The van der Waals surface area contributed by atoms with Gasteiger partial charge in [-0.15, -0.1) is 11.3 Å². The van der Waals surface area contributed by atoms with Crippen molar-refractivity contribution in [2.75, 3.05) is 7.11 Å². The molecule has 1 aromatic carbocycles. The maximum Gasteiger partial charge on any atom is 0.124 e. The first kappa shape index (κ1) is 12.9. The van der Waals surface area contributed by atoms with Gasteiger partial charge in [-0.25, -0.2) is 0 Å². The number of nitrogens with two attached hydrogens (primary N) is 1. The normalized spacial score (nSPS) is 12.5. The van der Waals surface area contributed by atoms with E-state index >= 15 is 0 Å². The van der Waals surface area contributed by atoms with Crippen LogP contribution in [0.4, 0.5) is 0 Å². The number of halogens is 2. The van der Waals surface area contributed by atoms with Crippen LogP contribution in [0.1, 0.15) is 16.5 Å². The van der Waals surface area contributed by atoms with Gasteiger partial charge in [0.05, 0.1) is 17.5 Å². The van der Waals surface area contributed by atoms with Gasteiger partial charge in [-0.2, -0.15) is 0 Å². The minimum absolute atomic E-state index is 0.222. The van der Waals surface area contributed by atoms with E-state index in [-0.39, 0.29) is 6.04 Å². The predicted octanol–water partition coefficient (Wildman–Crippen LogP) is 4.22. The van der Waals surface area contributed by atoms with Gasteiger partial charge in [0.25, 0.3) is 0 Å². The van der Waals surface area contributed by atoms with E-state index in [4.69, 9.17) is 22.1 Å². The fraction of sp³-hybridized carbons (Fsp3) is 0.167. The zero-order chi connectivity index (χ0) is 12.4. The highest BCUT2D eigenvalue weighted by Crippen LogP contribution is 2.34. The van der Waals surface area contributed by atoms with Crippen LogP contribution < -0.4 is 10.5 Å². The quantitative estimate of drug-likeness (QED) is 0.913. The van der Waals surface area contributed by atoms with Crippen molar-refractivity contribution in [1.29, 1.82) is 0 Å². The molecule has 2 nitrogen and oxygen atoms in total. The van der Waals surface area contributed by atoms with Gasteiger partial charge in [0, 0.05) is 14.9 Å². The minimum Gasteiger partial charge on any atom is -0.496 e. The summed E-state index contributed by atoms with van der Waals surface area (Å²) in [5, 5.41) is 0. The second-order valence-corrected chi connectivity index (χ2v) is 6.17. The van der Waals surface area contributed by atoms with Crippen LogP contribution in [0.3, 0.4) is 0 Å². The fourth-order valence-corrected chi connectivity index (χ4v) is 3.06. The highest BCUT2D eigenvalue weighted by atomic mass is 79.9. The molecule has 1 aromatic heterocycles. The van der Waals surface area contributed by atoms with Crippen molar-refractivity contribution in [2.24, 2.45) is 5.73 Å². The highest BCUT2D eigenvalue weighted by Gasteiger charge is 2.16. The van der Waals surface area contributed by atoms with Crippen LogP contribution in [0.15, 0.2) is 34.8 Å². The molecule has 0 amide bonds. The number of thiophene rings is 1. The molecule has 0 spiro atoms. The standard InChI is InChI=1S/C12H11BrClNOS/c1-16-9-3-2-7(13)6-8(9)12(15)10-4-5-11(14)17-10/h2-6,12H,15H2,1H3. The van der Waals surface area contributed by atoms with Gasteiger partial charge in [-0.1, -0.05) is 27.5 Å². The average molecular weight is 333 g/mol. The summed E-state index contributed by atoms with van der Waals surface area (Å²) in [4.78, 5) is 1.02. The van der Waals surface area contributed by atoms with E-state index in [1.54, 1.807) is 7.11 Å². The summed E-state index contributed by atoms with van der Waals surface area (Å²) in [7, 11) is 1.64. The number of hydrogen-bond donors (Lipinski definition) is 1. The topological polar surface area (TPSA) is 35.2 Å². The molecule has 1 atom stereocenters. The lowest BCUT2D eigenvalue weighted by molar-refractivity contribution is 0.408. The number of hydrogen-bond acceptors (Lipinski definition) is 3. The van der Waals surface area contributed by atoms with Crippen molar-refractivity contribution in [3.05, 3.63) is 49.6 Å². The Morgan fingerprint density at radius 2 is 2.12 bits per heavy atom.